The number of aromatic nitrogens is 2. The third-order valence-corrected chi connectivity index (χ3v) is 4.47. The van der Waals surface area contributed by atoms with Gasteiger partial charge in [-0.1, -0.05) is 49.4 Å². The van der Waals surface area contributed by atoms with Crippen LogP contribution >= 0.6 is 11.3 Å². The maximum absolute atomic E-state index is 4.37. The highest BCUT2D eigenvalue weighted by atomic mass is 32.1. The van der Waals surface area contributed by atoms with E-state index in [1.54, 1.807) is 11.3 Å². The molecule has 1 aromatic carbocycles. The van der Waals surface area contributed by atoms with Crippen LogP contribution in [-0.4, -0.2) is 16.7 Å². The zero-order valence-electron chi connectivity index (χ0n) is 12.5. The number of aryl methyl sites for hydroxylation is 1. The Kier molecular flexibility index (Phi) is 5.68. The van der Waals surface area contributed by atoms with E-state index in [-0.39, 0.29) is 0 Å². The predicted octanol–water partition coefficient (Wildman–Crippen LogP) is 3.89. The van der Waals surface area contributed by atoms with Gasteiger partial charge in [0.05, 0.1) is 6.04 Å². The van der Waals surface area contributed by atoms with Crippen molar-refractivity contribution in [2.75, 3.05) is 6.54 Å². The quantitative estimate of drug-likeness (QED) is 0.840. The first-order chi connectivity index (χ1) is 9.74. The van der Waals surface area contributed by atoms with Crippen LogP contribution < -0.4 is 5.32 Å². The van der Waals surface area contributed by atoms with Gasteiger partial charge < -0.3 is 5.32 Å². The first-order valence-electron chi connectivity index (χ1n) is 7.34. The number of nitrogens with zero attached hydrogens (tertiary/aromatic N) is 2. The van der Waals surface area contributed by atoms with Crippen LogP contribution in [-0.2, 0) is 6.42 Å². The van der Waals surface area contributed by atoms with E-state index in [2.05, 4.69) is 60.6 Å². The molecule has 0 saturated carbocycles. The second-order valence-corrected chi connectivity index (χ2v) is 6.15. The molecule has 1 unspecified atom stereocenters. The SMILES string of the molecule is CCCNC(CC)c1nnc(Cc2ccccc2C)s1. The number of hydrogen-bond donors (Lipinski definition) is 1. The molecule has 0 aliphatic heterocycles. The van der Waals surface area contributed by atoms with E-state index in [9.17, 15) is 0 Å². The second-order valence-electron chi connectivity index (χ2n) is 5.05. The van der Waals surface area contributed by atoms with E-state index in [0.29, 0.717) is 6.04 Å². The summed E-state index contributed by atoms with van der Waals surface area (Å²) in [6.07, 6.45) is 3.08. The standard InChI is InChI=1S/C16H23N3S/c1-4-10-17-14(5-2)16-19-18-15(20-16)11-13-9-7-6-8-12(13)3/h6-9,14,17H,4-5,10-11H2,1-3H3. The molecule has 0 fully saturated rings. The monoisotopic (exact) mass is 289 g/mol. The van der Waals surface area contributed by atoms with Gasteiger partial charge in [-0.15, -0.1) is 10.2 Å². The summed E-state index contributed by atoms with van der Waals surface area (Å²) in [6, 6.07) is 8.82. The van der Waals surface area contributed by atoms with Crippen molar-refractivity contribution in [3.8, 4) is 0 Å². The molecular weight excluding hydrogens is 266 g/mol. The molecule has 4 heteroatoms. The number of hydrogen-bond acceptors (Lipinski definition) is 4. The highest BCUT2D eigenvalue weighted by Gasteiger charge is 2.14. The molecule has 20 heavy (non-hydrogen) atoms. The molecule has 1 atom stereocenters. The number of benzene rings is 1. The van der Waals surface area contributed by atoms with Crippen molar-refractivity contribution < 1.29 is 0 Å². The molecule has 1 heterocycles. The van der Waals surface area contributed by atoms with Gasteiger partial charge in [-0.05, 0) is 37.4 Å². The first kappa shape index (κ1) is 15.1. The molecular formula is C16H23N3S. The second kappa shape index (κ2) is 7.50. The van der Waals surface area contributed by atoms with Crippen LogP contribution in [0.5, 0.6) is 0 Å². The minimum atomic E-state index is 0.345. The molecule has 108 valence electrons. The highest BCUT2D eigenvalue weighted by Crippen LogP contribution is 2.23. The van der Waals surface area contributed by atoms with E-state index in [1.807, 2.05) is 0 Å². The molecule has 0 bridgehead atoms. The maximum atomic E-state index is 4.37. The summed E-state index contributed by atoms with van der Waals surface area (Å²) >= 11 is 1.73. The van der Waals surface area contributed by atoms with E-state index in [1.165, 1.54) is 11.1 Å². The van der Waals surface area contributed by atoms with Gasteiger partial charge in [-0.2, -0.15) is 0 Å². The summed E-state index contributed by atoms with van der Waals surface area (Å²) in [6.45, 7) is 7.55. The van der Waals surface area contributed by atoms with Gasteiger partial charge in [0.1, 0.15) is 10.0 Å². The summed E-state index contributed by atoms with van der Waals surface area (Å²) < 4.78 is 0. The number of nitrogens with one attached hydrogen (secondary N) is 1. The Morgan fingerprint density at radius 1 is 1.20 bits per heavy atom. The van der Waals surface area contributed by atoms with E-state index < -0.39 is 0 Å². The van der Waals surface area contributed by atoms with Crippen LogP contribution in [0.25, 0.3) is 0 Å². The van der Waals surface area contributed by atoms with E-state index in [4.69, 9.17) is 0 Å². The Bertz CT molecular complexity index is 536. The Morgan fingerprint density at radius 3 is 2.70 bits per heavy atom. The predicted molar refractivity (Wildman–Crippen MR) is 85.2 cm³/mol. The molecule has 2 aromatic rings. The molecule has 0 amide bonds. The summed E-state index contributed by atoms with van der Waals surface area (Å²) in [5.41, 5.74) is 2.66. The molecule has 0 aliphatic carbocycles. The van der Waals surface area contributed by atoms with Crippen molar-refractivity contribution >= 4 is 11.3 Å². The lowest BCUT2D eigenvalue weighted by Gasteiger charge is -2.12. The lowest BCUT2D eigenvalue weighted by Crippen LogP contribution is -2.21. The van der Waals surface area contributed by atoms with Crippen molar-refractivity contribution in [2.45, 2.75) is 46.1 Å². The van der Waals surface area contributed by atoms with Gasteiger partial charge in [0, 0.05) is 6.42 Å². The van der Waals surface area contributed by atoms with Crippen molar-refractivity contribution in [1.82, 2.24) is 15.5 Å². The van der Waals surface area contributed by atoms with Gasteiger partial charge in [-0.3, -0.25) is 0 Å². The van der Waals surface area contributed by atoms with Crippen molar-refractivity contribution in [3.05, 3.63) is 45.4 Å². The molecule has 0 spiro atoms. The molecule has 1 aromatic heterocycles. The average molecular weight is 289 g/mol. The molecule has 0 aliphatic rings. The normalized spacial score (nSPS) is 12.6. The third-order valence-electron chi connectivity index (χ3n) is 3.43. The number of rotatable bonds is 7. The molecule has 0 saturated heterocycles. The molecule has 2 rings (SSSR count). The van der Waals surface area contributed by atoms with Gasteiger partial charge in [-0.25, -0.2) is 0 Å². The van der Waals surface area contributed by atoms with Crippen LogP contribution in [0.15, 0.2) is 24.3 Å². The van der Waals surface area contributed by atoms with Crippen molar-refractivity contribution in [1.29, 1.82) is 0 Å². The molecule has 0 radical (unpaired) electrons. The lowest BCUT2D eigenvalue weighted by molar-refractivity contribution is 0.513. The summed E-state index contributed by atoms with van der Waals surface area (Å²) in [5, 5.41) is 14.5. The van der Waals surface area contributed by atoms with Crippen LogP contribution in [0.2, 0.25) is 0 Å². The zero-order valence-corrected chi connectivity index (χ0v) is 13.3. The highest BCUT2D eigenvalue weighted by molar-refractivity contribution is 7.11. The van der Waals surface area contributed by atoms with Crippen molar-refractivity contribution in [3.63, 3.8) is 0 Å². The van der Waals surface area contributed by atoms with Crippen LogP contribution in [0.4, 0.5) is 0 Å². The average Bonchev–Trinajstić information content (AvgIpc) is 2.91. The van der Waals surface area contributed by atoms with Gasteiger partial charge in [0.2, 0.25) is 0 Å². The Hall–Kier alpha value is -1.26. The van der Waals surface area contributed by atoms with Gasteiger partial charge in [0.15, 0.2) is 0 Å². The maximum Gasteiger partial charge on any atom is 0.134 e. The Balaban J connectivity index is 2.06. The fourth-order valence-electron chi connectivity index (χ4n) is 2.18. The molecule has 3 nitrogen and oxygen atoms in total. The van der Waals surface area contributed by atoms with Crippen molar-refractivity contribution in [2.24, 2.45) is 0 Å². The minimum Gasteiger partial charge on any atom is -0.308 e. The fourth-order valence-corrected chi connectivity index (χ4v) is 3.20. The van der Waals surface area contributed by atoms with Crippen LogP contribution in [0, 0.1) is 6.92 Å². The lowest BCUT2D eigenvalue weighted by atomic mass is 10.1. The molecule has 1 N–H and O–H groups in total. The summed E-state index contributed by atoms with van der Waals surface area (Å²) in [5.74, 6) is 0. The summed E-state index contributed by atoms with van der Waals surface area (Å²) in [4.78, 5) is 0. The minimum absolute atomic E-state index is 0.345. The topological polar surface area (TPSA) is 37.8 Å². The van der Waals surface area contributed by atoms with Gasteiger partial charge in [0.25, 0.3) is 0 Å². The smallest absolute Gasteiger partial charge is 0.134 e. The van der Waals surface area contributed by atoms with E-state index >= 15 is 0 Å². The summed E-state index contributed by atoms with van der Waals surface area (Å²) in [7, 11) is 0. The Morgan fingerprint density at radius 2 is 2.00 bits per heavy atom. The third kappa shape index (κ3) is 3.87. The fraction of sp³-hybridized carbons (Fsp3) is 0.500. The van der Waals surface area contributed by atoms with E-state index in [0.717, 1.165) is 35.8 Å². The van der Waals surface area contributed by atoms with Crippen LogP contribution in [0.1, 0.15) is 53.9 Å². The van der Waals surface area contributed by atoms with Gasteiger partial charge >= 0.3 is 0 Å². The largest absolute Gasteiger partial charge is 0.308 e. The first-order valence-corrected chi connectivity index (χ1v) is 8.16. The zero-order chi connectivity index (χ0) is 14.4. The van der Waals surface area contributed by atoms with Crippen LogP contribution in [0.3, 0.4) is 0 Å². The Labute approximate surface area is 125 Å².